The number of carbonyl (C=O) groups is 1. The van der Waals surface area contributed by atoms with E-state index in [-0.39, 0.29) is 11.2 Å². The Labute approximate surface area is 148 Å². The first-order valence-corrected chi connectivity index (χ1v) is 8.49. The molecule has 3 rings (SSSR count). The maximum atomic E-state index is 12.3. The van der Waals surface area contributed by atoms with E-state index in [2.05, 4.69) is 15.5 Å². The van der Waals surface area contributed by atoms with Gasteiger partial charge in [-0.05, 0) is 38.1 Å². The van der Waals surface area contributed by atoms with E-state index in [0.717, 1.165) is 10.8 Å². The van der Waals surface area contributed by atoms with Crippen LogP contribution in [0.15, 0.2) is 52.4 Å². The molecule has 6 nitrogen and oxygen atoms in total. The molecule has 1 N–H and O–H groups in total. The molecule has 8 heteroatoms. The molecule has 0 saturated heterocycles. The lowest BCUT2D eigenvalue weighted by Gasteiger charge is -2.12. The highest BCUT2D eigenvalue weighted by Crippen LogP contribution is 2.26. The third kappa shape index (κ3) is 3.80. The van der Waals surface area contributed by atoms with Crippen LogP contribution in [-0.2, 0) is 4.79 Å². The fraction of sp³-hybridized carbons (Fsp3) is 0.188. The van der Waals surface area contributed by atoms with Gasteiger partial charge in [0.15, 0.2) is 11.0 Å². The van der Waals surface area contributed by atoms with Crippen LogP contribution in [0.25, 0.3) is 5.69 Å². The number of amides is 1. The molecule has 1 atom stereocenters. The van der Waals surface area contributed by atoms with Gasteiger partial charge in [-0.15, -0.1) is 0 Å². The molecule has 124 valence electrons. The van der Waals surface area contributed by atoms with Crippen molar-refractivity contribution in [3.63, 3.8) is 0 Å². The highest BCUT2D eigenvalue weighted by atomic mass is 35.5. The highest BCUT2D eigenvalue weighted by Gasteiger charge is 2.19. The van der Waals surface area contributed by atoms with Gasteiger partial charge in [-0.3, -0.25) is 9.36 Å². The topological polar surface area (TPSA) is 73.0 Å². The molecule has 1 amide bonds. The first-order chi connectivity index (χ1) is 11.5. The molecule has 0 spiro atoms. The molecule has 24 heavy (non-hydrogen) atoms. The average Bonchev–Trinajstić information content (AvgIpc) is 3.17. The number of thioether (sulfide) groups is 1. The van der Waals surface area contributed by atoms with Crippen molar-refractivity contribution in [1.82, 2.24) is 14.7 Å². The summed E-state index contributed by atoms with van der Waals surface area (Å²) in [6.45, 7) is 3.58. The zero-order valence-corrected chi connectivity index (χ0v) is 14.6. The summed E-state index contributed by atoms with van der Waals surface area (Å²) < 4.78 is 6.85. The summed E-state index contributed by atoms with van der Waals surface area (Å²) in [5, 5.41) is 7.52. The highest BCUT2D eigenvalue weighted by molar-refractivity contribution is 8.00. The van der Waals surface area contributed by atoms with Gasteiger partial charge in [0.2, 0.25) is 5.91 Å². The predicted octanol–water partition coefficient (Wildman–Crippen LogP) is 3.94. The zero-order valence-electron chi connectivity index (χ0n) is 13.1. The molecule has 0 aliphatic heterocycles. The third-order valence-electron chi connectivity index (χ3n) is 3.24. The van der Waals surface area contributed by atoms with E-state index in [0.29, 0.717) is 16.6 Å². The van der Waals surface area contributed by atoms with Gasteiger partial charge in [0.05, 0.1) is 5.25 Å². The number of halogens is 1. The van der Waals surface area contributed by atoms with Crippen LogP contribution >= 0.6 is 23.4 Å². The fourth-order valence-corrected chi connectivity index (χ4v) is 3.05. The number of anilines is 1. The molecule has 0 saturated carbocycles. The van der Waals surface area contributed by atoms with Gasteiger partial charge < -0.3 is 9.84 Å². The minimum atomic E-state index is -0.351. The normalized spacial score (nSPS) is 12.1. The Morgan fingerprint density at radius 3 is 2.79 bits per heavy atom. The van der Waals surface area contributed by atoms with Gasteiger partial charge in [0.1, 0.15) is 5.76 Å². The number of nitrogens with zero attached hydrogens (tertiary/aromatic N) is 3. The zero-order chi connectivity index (χ0) is 17.1. The summed E-state index contributed by atoms with van der Waals surface area (Å²) in [5.74, 6) is 0.883. The minimum Gasteiger partial charge on any atom is -0.360 e. The van der Waals surface area contributed by atoms with E-state index in [4.69, 9.17) is 16.1 Å². The quantitative estimate of drug-likeness (QED) is 0.696. The molecule has 2 aromatic heterocycles. The maximum Gasteiger partial charge on any atom is 0.238 e. The Balaban J connectivity index is 1.70. The van der Waals surface area contributed by atoms with Gasteiger partial charge >= 0.3 is 0 Å². The maximum absolute atomic E-state index is 12.3. The molecule has 1 aromatic carbocycles. The number of aromatic nitrogens is 3. The summed E-state index contributed by atoms with van der Waals surface area (Å²) in [5.41, 5.74) is 0.930. The molecular formula is C16H15ClN4O2S. The average molecular weight is 363 g/mol. The number of imidazole rings is 1. The van der Waals surface area contributed by atoms with Crippen LogP contribution in [0.5, 0.6) is 0 Å². The van der Waals surface area contributed by atoms with E-state index >= 15 is 0 Å². The molecular weight excluding hydrogens is 348 g/mol. The number of nitrogens with one attached hydrogen (secondary N) is 1. The van der Waals surface area contributed by atoms with Crippen LogP contribution in [0.3, 0.4) is 0 Å². The van der Waals surface area contributed by atoms with Crippen molar-refractivity contribution in [1.29, 1.82) is 0 Å². The number of carbonyl (C=O) groups excluding carboxylic acids is 1. The molecule has 3 aromatic rings. The van der Waals surface area contributed by atoms with Crippen molar-refractivity contribution in [2.45, 2.75) is 24.3 Å². The minimum absolute atomic E-state index is 0.168. The van der Waals surface area contributed by atoms with Crippen LogP contribution in [0.1, 0.15) is 12.7 Å². The van der Waals surface area contributed by atoms with Crippen molar-refractivity contribution < 1.29 is 9.32 Å². The summed E-state index contributed by atoms with van der Waals surface area (Å²) >= 11 is 7.28. The lowest BCUT2D eigenvalue weighted by atomic mass is 10.3. The number of rotatable bonds is 5. The first-order valence-electron chi connectivity index (χ1n) is 7.23. The second-order valence-corrected chi connectivity index (χ2v) is 6.87. The molecule has 0 aliphatic rings. The van der Waals surface area contributed by atoms with E-state index in [9.17, 15) is 4.79 Å². The molecule has 1 unspecified atom stereocenters. The van der Waals surface area contributed by atoms with Crippen LogP contribution < -0.4 is 5.32 Å². The Bertz CT molecular complexity index is 844. The summed E-state index contributed by atoms with van der Waals surface area (Å²) in [4.78, 5) is 16.6. The number of hydrogen-bond donors (Lipinski definition) is 1. The van der Waals surface area contributed by atoms with Crippen LogP contribution in [0, 0.1) is 6.92 Å². The number of aryl methyl sites for hydroxylation is 1. The monoisotopic (exact) mass is 362 g/mol. The predicted molar refractivity (Wildman–Crippen MR) is 93.8 cm³/mol. The van der Waals surface area contributed by atoms with Crippen molar-refractivity contribution >= 4 is 35.1 Å². The van der Waals surface area contributed by atoms with Gasteiger partial charge in [0, 0.05) is 29.2 Å². The third-order valence-corrected chi connectivity index (χ3v) is 4.57. The molecule has 0 aliphatic carbocycles. The lowest BCUT2D eigenvalue weighted by molar-refractivity contribution is -0.115. The van der Waals surface area contributed by atoms with Gasteiger partial charge in [-0.1, -0.05) is 28.5 Å². The summed E-state index contributed by atoms with van der Waals surface area (Å²) in [6.07, 6.45) is 3.54. The number of hydrogen-bond acceptors (Lipinski definition) is 5. The summed E-state index contributed by atoms with van der Waals surface area (Å²) in [6, 6.07) is 9.10. The Morgan fingerprint density at radius 2 is 2.12 bits per heavy atom. The second kappa shape index (κ2) is 7.11. The molecule has 0 radical (unpaired) electrons. The van der Waals surface area contributed by atoms with Gasteiger partial charge in [-0.2, -0.15) is 0 Å². The van der Waals surface area contributed by atoms with E-state index < -0.39 is 0 Å². The Morgan fingerprint density at radius 1 is 1.38 bits per heavy atom. The first kappa shape index (κ1) is 16.6. The standard InChI is InChI=1S/C16H15ClN4O2S/c1-10-9-14(20-23-10)19-15(22)11(2)24-16-18-7-8-21(16)13-5-3-12(17)4-6-13/h3-9,11H,1-2H3,(H,19,20,22). The summed E-state index contributed by atoms with van der Waals surface area (Å²) in [7, 11) is 0. The lowest BCUT2D eigenvalue weighted by Crippen LogP contribution is -2.23. The molecule has 2 heterocycles. The largest absolute Gasteiger partial charge is 0.360 e. The smallest absolute Gasteiger partial charge is 0.238 e. The Hall–Kier alpha value is -2.25. The Kier molecular flexibility index (Phi) is 4.92. The van der Waals surface area contributed by atoms with Crippen LogP contribution in [0.4, 0.5) is 5.82 Å². The van der Waals surface area contributed by atoms with E-state index in [1.165, 1.54) is 11.8 Å². The van der Waals surface area contributed by atoms with Crippen LogP contribution in [-0.4, -0.2) is 25.9 Å². The van der Waals surface area contributed by atoms with Crippen molar-refractivity contribution in [3.05, 3.63) is 53.5 Å². The number of benzene rings is 1. The van der Waals surface area contributed by atoms with Crippen molar-refractivity contribution in [3.8, 4) is 5.69 Å². The van der Waals surface area contributed by atoms with Crippen molar-refractivity contribution in [2.75, 3.05) is 5.32 Å². The van der Waals surface area contributed by atoms with E-state index in [1.807, 2.05) is 42.0 Å². The molecule has 0 bridgehead atoms. The van der Waals surface area contributed by atoms with Crippen molar-refractivity contribution in [2.24, 2.45) is 0 Å². The second-order valence-electron chi connectivity index (χ2n) is 5.13. The van der Waals surface area contributed by atoms with Gasteiger partial charge in [-0.25, -0.2) is 4.98 Å². The van der Waals surface area contributed by atoms with Gasteiger partial charge in [0.25, 0.3) is 0 Å². The van der Waals surface area contributed by atoms with Crippen LogP contribution in [0.2, 0.25) is 5.02 Å². The molecule has 0 fully saturated rings. The van der Waals surface area contributed by atoms with E-state index in [1.54, 1.807) is 19.2 Å². The SMILES string of the molecule is Cc1cc(NC(=O)C(C)Sc2nccn2-c2ccc(Cl)cc2)no1. The fourth-order valence-electron chi connectivity index (χ4n) is 2.04.